The van der Waals surface area contributed by atoms with E-state index >= 15 is 0 Å². The number of hydrogen-bond donors (Lipinski definition) is 1. The first-order valence-corrected chi connectivity index (χ1v) is 6.39. The van der Waals surface area contributed by atoms with Gasteiger partial charge in [0.05, 0.1) is 19.0 Å². The summed E-state index contributed by atoms with van der Waals surface area (Å²) in [5.41, 5.74) is 1.74. The lowest BCUT2D eigenvalue weighted by molar-refractivity contribution is 0.0965. The fourth-order valence-corrected chi connectivity index (χ4v) is 2.10. The number of nitrogens with zero attached hydrogens (tertiary/aromatic N) is 1. The Bertz CT molecular complexity index is 686. The number of carbonyl (C=O) groups is 1. The van der Waals surface area contributed by atoms with Crippen molar-refractivity contribution in [1.82, 2.24) is 10.3 Å². The number of carbonyl (C=O) groups excluding carboxylic acids is 1. The number of rotatable bonds is 4. The Morgan fingerprint density at radius 2 is 2.24 bits per heavy atom. The van der Waals surface area contributed by atoms with Gasteiger partial charge >= 0.3 is 0 Å². The number of halogens is 1. The van der Waals surface area contributed by atoms with Crippen LogP contribution in [-0.4, -0.2) is 18.0 Å². The zero-order valence-corrected chi connectivity index (χ0v) is 11.4. The topological polar surface area (TPSA) is 60.5 Å². The monoisotopic (exact) mass is 288 g/mol. The number of amides is 1. The molecule has 0 aliphatic carbocycles. The van der Waals surface area contributed by atoms with Crippen molar-refractivity contribution in [2.45, 2.75) is 13.2 Å². The Balaban J connectivity index is 1.75. The van der Waals surface area contributed by atoms with Gasteiger partial charge in [0.1, 0.15) is 12.4 Å². The molecule has 3 rings (SSSR count). The van der Waals surface area contributed by atoms with Crippen molar-refractivity contribution in [1.29, 1.82) is 0 Å². The summed E-state index contributed by atoms with van der Waals surface area (Å²) < 4.78 is 24.3. The Hall–Kier alpha value is -2.63. The van der Waals surface area contributed by atoms with Crippen LogP contribution in [0.5, 0.6) is 11.5 Å². The number of ether oxygens (including phenoxy) is 2. The predicted molar refractivity (Wildman–Crippen MR) is 72.7 cm³/mol. The average molecular weight is 288 g/mol. The number of benzene rings is 1. The molecule has 2 heterocycles. The molecule has 1 aliphatic heterocycles. The molecule has 1 aromatic carbocycles. The number of fused-ring (bicyclic) bond motifs is 1. The number of hydrogen-bond acceptors (Lipinski definition) is 4. The zero-order chi connectivity index (χ0) is 14.8. The predicted octanol–water partition coefficient (Wildman–Crippen LogP) is 2.05. The molecule has 1 aliphatic rings. The minimum absolute atomic E-state index is 0.0448. The summed E-state index contributed by atoms with van der Waals surface area (Å²) in [5.74, 6) is -0.0151. The molecule has 0 fully saturated rings. The van der Waals surface area contributed by atoms with Crippen LogP contribution in [-0.2, 0) is 13.2 Å². The molecule has 0 atom stereocenters. The average Bonchev–Trinajstić information content (AvgIpc) is 2.86. The van der Waals surface area contributed by atoms with Crippen LogP contribution in [0.2, 0.25) is 0 Å². The summed E-state index contributed by atoms with van der Waals surface area (Å²) in [5, 5.41) is 2.64. The maximum absolute atomic E-state index is 13.9. The quantitative estimate of drug-likeness (QED) is 0.935. The fourth-order valence-electron chi connectivity index (χ4n) is 2.10. The summed E-state index contributed by atoms with van der Waals surface area (Å²) in [4.78, 5) is 15.7. The Morgan fingerprint density at radius 3 is 2.95 bits per heavy atom. The molecular formula is C15H13FN2O3. The first-order valence-electron chi connectivity index (χ1n) is 6.39. The van der Waals surface area contributed by atoms with Crippen molar-refractivity contribution < 1.29 is 18.7 Å². The van der Waals surface area contributed by atoms with Crippen LogP contribution < -0.4 is 14.8 Å². The van der Waals surface area contributed by atoms with E-state index in [9.17, 15) is 9.18 Å². The lowest BCUT2D eigenvalue weighted by Crippen LogP contribution is -2.12. The molecule has 108 valence electrons. The Morgan fingerprint density at radius 1 is 1.38 bits per heavy atom. The molecule has 0 saturated carbocycles. The third-order valence-corrected chi connectivity index (χ3v) is 3.25. The van der Waals surface area contributed by atoms with Crippen molar-refractivity contribution in [2.24, 2.45) is 0 Å². The van der Waals surface area contributed by atoms with Crippen LogP contribution in [0.4, 0.5) is 4.39 Å². The van der Waals surface area contributed by atoms with E-state index in [1.165, 1.54) is 12.1 Å². The summed E-state index contributed by atoms with van der Waals surface area (Å²) in [6.07, 6.45) is 1.56. The second-order valence-electron chi connectivity index (χ2n) is 4.60. The second kappa shape index (κ2) is 5.40. The lowest BCUT2D eigenvalue weighted by atomic mass is 10.1. The van der Waals surface area contributed by atoms with Crippen molar-refractivity contribution in [2.75, 3.05) is 7.11 Å². The summed E-state index contributed by atoms with van der Waals surface area (Å²) in [7, 11) is 1.55. The molecule has 0 radical (unpaired) electrons. The van der Waals surface area contributed by atoms with Crippen LogP contribution in [0.15, 0.2) is 30.5 Å². The summed E-state index contributed by atoms with van der Waals surface area (Å²) in [6.45, 7) is 0.465. The second-order valence-corrected chi connectivity index (χ2v) is 4.60. The lowest BCUT2D eigenvalue weighted by Gasteiger charge is -2.08. The van der Waals surface area contributed by atoms with Crippen molar-refractivity contribution in [3.63, 3.8) is 0 Å². The molecule has 6 heteroatoms. The van der Waals surface area contributed by atoms with Gasteiger partial charge < -0.3 is 14.8 Å². The third kappa shape index (κ3) is 2.65. The van der Waals surface area contributed by atoms with Gasteiger partial charge in [0.25, 0.3) is 5.91 Å². The van der Waals surface area contributed by atoms with Crippen LogP contribution in [0.25, 0.3) is 0 Å². The van der Waals surface area contributed by atoms with Gasteiger partial charge in [-0.1, -0.05) is 0 Å². The van der Waals surface area contributed by atoms with Crippen molar-refractivity contribution >= 4 is 5.91 Å². The van der Waals surface area contributed by atoms with Gasteiger partial charge in [0.15, 0.2) is 11.6 Å². The van der Waals surface area contributed by atoms with Crippen LogP contribution in [0.1, 0.15) is 21.6 Å². The highest BCUT2D eigenvalue weighted by molar-refractivity contribution is 5.98. The first kappa shape index (κ1) is 13.4. The normalized spacial score (nSPS) is 12.8. The molecule has 0 bridgehead atoms. The molecule has 21 heavy (non-hydrogen) atoms. The van der Waals surface area contributed by atoms with Gasteiger partial charge in [-0.15, -0.1) is 0 Å². The first-order chi connectivity index (χ1) is 10.2. The summed E-state index contributed by atoms with van der Waals surface area (Å²) >= 11 is 0. The standard InChI is InChI=1S/C15H13FN2O3/c1-20-11-3-2-10(17-7-11)8-21-14-5-12-9(4-13(14)16)6-18-15(12)19/h2-5,7H,6,8H2,1H3,(H,18,19). The van der Waals surface area contributed by atoms with Crippen molar-refractivity contribution in [3.05, 3.63) is 53.1 Å². The highest BCUT2D eigenvalue weighted by Gasteiger charge is 2.21. The number of aromatic nitrogens is 1. The molecular weight excluding hydrogens is 275 g/mol. The van der Waals surface area contributed by atoms with Gasteiger partial charge in [-0.3, -0.25) is 9.78 Å². The van der Waals surface area contributed by atoms with Gasteiger partial charge in [-0.2, -0.15) is 0 Å². The molecule has 1 aromatic heterocycles. The fraction of sp³-hybridized carbons (Fsp3) is 0.200. The Kier molecular flexibility index (Phi) is 3.43. The van der Waals surface area contributed by atoms with E-state index in [0.29, 0.717) is 29.1 Å². The SMILES string of the molecule is COc1ccc(COc2cc3c(cc2F)CNC3=O)nc1. The Labute approximate surface area is 120 Å². The zero-order valence-electron chi connectivity index (χ0n) is 11.4. The largest absolute Gasteiger partial charge is 0.495 e. The molecule has 0 saturated heterocycles. The van der Waals surface area contributed by atoms with Gasteiger partial charge in [0, 0.05) is 12.1 Å². The number of methoxy groups -OCH3 is 1. The minimum atomic E-state index is -0.487. The van der Waals surface area contributed by atoms with Crippen LogP contribution in [0.3, 0.4) is 0 Å². The smallest absolute Gasteiger partial charge is 0.252 e. The van der Waals surface area contributed by atoms with Crippen LogP contribution >= 0.6 is 0 Å². The molecule has 2 aromatic rings. The third-order valence-electron chi connectivity index (χ3n) is 3.25. The van der Waals surface area contributed by atoms with E-state index in [-0.39, 0.29) is 18.3 Å². The molecule has 5 nitrogen and oxygen atoms in total. The van der Waals surface area contributed by atoms with Gasteiger partial charge in [-0.05, 0) is 29.8 Å². The van der Waals surface area contributed by atoms with E-state index in [4.69, 9.17) is 9.47 Å². The minimum Gasteiger partial charge on any atom is -0.495 e. The molecule has 0 unspecified atom stereocenters. The maximum Gasteiger partial charge on any atom is 0.252 e. The maximum atomic E-state index is 13.9. The summed E-state index contributed by atoms with van der Waals surface area (Å²) in [6, 6.07) is 6.23. The number of pyridine rings is 1. The van der Waals surface area contributed by atoms with Crippen LogP contribution in [0, 0.1) is 5.82 Å². The van der Waals surface area contributed by atoms with Crippen molar-refractivity contribution in [3.8, 4) is 11.5 Å². The van der Waals surface area contributed by atoms with Gasteiger partial charge in [0.2, 0.25) is 0 Å². The van der Waals surface area contributed by atoms with Gasteiger partial charge in [-0.25, -0.2) is 4.39 Å². The van der Waals surface area contributed by atoms with E-state index < -0.39 is 5.82 Å². The highest BCUT2D eigenvalue weighted by Crippen LogP contribution is 2.26. The molecule has 0 spiro atoms. The van der Waals surface area contributed by atoms with E-state index in [2.05, 4.69) is 10.3 Å². The molecule has 1 N–H and O–H groups in total. The highest BCUT2D eigenvalue weighted by atomic mass is 19.1. The van der Waals surface area contributed by atoms with E-state index in [0.717, 1.165) is 0 Å². The van der Waals surface area contributed by atoms with E-state index in [1.54, 1.807) is 25.4 Å². The number of nitrogens with one attached hydrogen (secondary N) is 1. The molecule has 1 amide bonds. The van der Waals surface area contributed by atoms with E-state index in [1.807, 2.05) is 0 Å².